The highest BCUT2D eigenvalue weighted by Crippen LogP contribution is 2.47. The van der Waals surface area contributed by atoms with Crippen molar-refractivity contribution in [2.45, 2.75) is 133 Å². The summed E-state index contributed by atoms with van der Waals surface area (Å²) in [6.07, 6.45) is 5.94. The molecule has 3 saturated carbocycles. The number of carbonyl (C=O) groups is 4. The van der Waals surface area contributed by atoms with Crippen molar-refractivity contribution in [3.05, 3.63) is 42.5 Å². The first-order valence-electron chi connectivity index (χ1n) is 20.8. The standard InChI is InChI=1S/C42H56N6O9S/c1-6-25-20-42(25,38(51)47-58(53,54)41(5)16-17-41)46-35(49)31-19-26-23-48(31)37(50)34(40(2,3)4)45-39(52)57-32-18-24(32)12-8-7-9-14-29-33(55-27-21-43-22-27)28-13-10-11-15-30(28)44-36(29)56-26/h6,10-11,13,15,24-27,31-32,34,43H,1,7-9,12,14,16-23H2,2-5H3,(H,45,52)(H,46,49)(H,47,51)/t24-,25-,26-,31+,32-,34-,42-/m1/s1. The molecule has 0 unspecified atom stereocenters. The summed E-state index contributed by atoms with van der Waals surface area (Å²) in [4.78, 5) is 62.8. The van der Waals surface area contributed by atoms with Crippen molar-refractivity contribution in [1.29, 1.82) is 0 Å². The van der Waals surface area contributed by atoms with Crippen LogP contribution in [0.5, 0.6) is 11.6 Å². The van der Waals surface area contributed by atoms with Gasteiger partial charge in [-0.1, -0.05) is 51.8 Å². The van der Waals surface area contributed by atoms with Gasteiger partial charge in [-0.25, -0.2) is 18.2 Å². The van der Waals surface area contributed by atoms with Gasteiger partial charge in [0, 0.05) is 30.8 Å². The molecule has 3 aliphatic carbocycles. The van der Waals surface area contributed by atoms with Crippen LogP contribution in [0, 0.1) is 17.3 Å². The minimum absolute atomic E-state index is 0.0135. The largest absolute Gasteiger partial charge is 0.487 e. The van der Waals surface area contributed by atoms with Gasteiger partial charge in [-0.15, -0.1) is 6.58 Å². The maximum Gasteiger partial charge on any atom is 0.408 e. The minimum Gasteiger partial charge on any atom is -0.487 e. The predicted molar refractivity (Wildman–Crippen MR) is 214 cm³/mol. The highest BCUT2D eigenvalue weighted by Gasteiger charge is 2.63. The Balaban J connectivity index is 1.14. The van der Waals surface area contributed by atoms with E-state index in [-0.39, 0.29) is 37.5 Å². The van der Waals surface area contributed by atoms with Gasteiger partial charge in [-0.2, -0.15) is 0 Å². The molecule has 15 nitrogen and oxygen atoms in total. The van der Waals surface area contributed by atoms with E-state index in [1.165, 1.54) is 11.0 Å². The second-order valence-corrected chi connectivity index (χ2v) is 20.7. The molecule has 6 aliphatic rings. The summed E-state index contributed by atoms with van der Waals surface area (Å²) < 4.78 is 46.6. The number of benzene rings is 1. The summed E-state index contributed by atoms with van der Waals surface area (Å²) in [6.45, 7) is 12.3. The van der Waals surface area contributed by atoms with Gasteiger partial charge in [-0.3, -0.25) is 19.1 Å². The number of carbonyl (C=O) groups excluding carboxylic acids is 4. The second kappa shape index (κ2) is 15.0. The number of amides is 4. The third-order valence-corrected chi connectivity index (χ3v) is 15.1. The molecule has 1 aromatic carbocycles. The van der Waals surface area contributed by atoms with Gasteiger partial charge in [0.15, 0.2) is 0 Å². The fraction of sp³-hybridized carbons (Fsp3) is 0.643. The van der Waals surface area contributed by atoms with Crippen molar-refractivity contribution in [3.63, 3.8) is 0 Å². The highest BCUT2D eigenvalue weighted by molar-refractivity contribution is 7.91. The lowest BCUT2D eigenvalue weighted by atomic mass is 9.85. The number of rotatable bonds is 8. The van der Waals surface area contributed by atoms with Crippen LogP contribution in [-0.4, -0.2) is 102 Å². The number of nitrogens with zero attached hydrogens (tertiary/aromatic N) is 2. The SMILES string of the molecule is C=C[C@@H]1C[C@]1(NC(=O)[C@@H]1C[C@@H]2CN1C(=O)[C@H](C(C)(C)C)NC(=O)O[C@@H]1C[C@H]1CCCCCc1c(nc3ccccc3c1OC1CNC1)O2)C(=O)NS(=O)(=O)C1(C)CC1. The minimum atomic E-state index is -4.00. The molecule has 7 atom stereocenters. The van der Waals surface area contributed by atoms with E-state index in [1.807, 2.05) is 45.0 Å². The lowest BCUT2D eigenvalue weighted by molar-refractivity contribution is -0.142. The fourth-order valence-corrected chi connectivity index (χ4v) is 9.78. The van der Waals surface area contributed by atoms with Crippen molar-refractivity contribution < 1.29 is 41.8 Å². The maximum atomic E-state index is 14.8. The van der Waals surface area contributed by atoms with Crippen LogP contribution < -0.4 is 30.1 Å². The molecule has 2 saturated heterocycles. The number of fused-ring (bicyclic) bond motifs is 5. The van der Waals surface area contributed by atoms with E-state index in [2.05, 4.69) is 27.3 Å². The molecular weight excluding hydrogens is 765 g/mol. The Bertz CT molecular complexity index is 2110. The quantitative estimate of drug-likeness (QED) is 0.284. The van der Waals surface area contributed by atoms with Crippen molar-refractivity contribution in [2.75, 3.05) is 19.6 Å². The van der Waals surface area contributed by atoms with E-state index >= 15 is 0 Å². The van der Waals surface area contributed by atoms with Crippen LogP contribution in [0.2, 0.25) is 0 Å². The summed E-state index contributed by atoms with van der Waals surface area (Å²) in [5.41, 5.74) is -0.848. The zero-order chi connectivity index (χ0) is 41.2. The van der Waals surface area contributed by atoms with Crippen LogP contribution in [0.4, 0.5) is 4.79 Å². The van der Waals surface area contributed by atoms with Gasteiger partial charge in [0.25, 0.3) is 5.91 Å². The van der Waals surface area contributed by atoms with Crippen molar-refractivity contribution >= 4 is 44.7 Å². The van der Waals surface area contributed by atoms with E-state index in [0.29, 0.717) is 30.7 Å². The van der Waals surface area contributed by atoms with Crippen LogP contribution in [0.1, 0.15) is 91.0 Å². The molecule has 4 N–H and O–H groups in total. The molecule has 5 fully saturated rings. The molecule has 8 rings (SSSR count). The molecule has 0 spiro atoms. The molecule has 58 heavy (non-hydrogen) atoms. The fourth-order valence-electron chi connectivity index (χ4n) is 8.47. The Morgan fingerprint density at radius 2 is 1.84 bits per heavy atom. The second-order valence-electron chi connectivity index (χ2n) is 18.5. The normalized spacial score (nSPS) is 31.1. The van der Waals surface area contributed by atoms with Crippen molar-refractivity contribution in [1.82, 2.24) is 30.6 Å². The van der Waals surface area contributed by atoms with Gasteiger partial charge in [0.05, 0.1) is 22.4 Å². The first kappa shape index (κ1) is 40.3. The van der Waals surface area contributed by atoms with E-state index in [4.69, 9.17) is 19.2 Å². The zero-order valence-electron chi connectivity index (χ0n) is 33.8. The smallest absolute Gasteiger partial charge is 0.408 e. The number of ether oxygens (including phenoxy) is 3. The summed E-state index contributed by atoms with van der Waals surface area (Å²) >= 11 is 0. The van der Waals surface area contributed by atoms with Crippen LogP contribution in [0.25, 0.3) is 10.9 Å². The third kappa shape index (κ3) is 7.85. The van der Waals surface area contributed by atoms with Gasteiger partial charge >= 0.3 is 6.09 Å². The van der Waals surface area contributed by atoms with Crippen molar-refractivity contribution in [2.24, 2.45) is 17.3 Å². The van der Waals surface area contributed by atoms with Gasteiger partial charge in [-0.05, 0) is 75.3 Å². The molecule has 0 radical (unpaired) electrons. The maximum absolute atomic E-state index is 14.8. The van der Waals surface area contributed by atoms with Gasteiger partial charge < -0.3 is 35.1 Å². The number of hydrogen-bond acceptors (Lipinski definition) is 11. The summed E-state index contributed by atoms with van der Waals surface area (Å²) in [7, 11) is -4.00. The average molecular weight is 821 g/mol. The monoisotopic (exact) mass is 820 g/mol. The Labute approximate surface area is 339 Å². The van der Waals surface area contributed by atoms with Crippen molar-refractivity contribution in [3.8, 4) is 11.6 Å². The summed E-state index contributed by atoms with van der Waals surface area (Å²) in [6, 6.07) is 5.53. The molecule has 4 heterocycles. The molecule has 2 aromatic rings. The number of sulfonamides is 1. The molecule has 314 valence electrons. The molecule has 1 aromatic heterocycles. The zero-order valence-corrected chi connectivity index (χ0v) is 34.6. The lowest BCUT2D eigenvalue weighted by Gasteiger charge is -2.35. The number of pyridine rings is 1. The number of hydrogen-bond donors (Lipinski definition) is 4. The molecule has 16 heteroatoms. The van der Waals surface area contributed by atoms with Crippen LogP contribution in [0.15, 0.2) is 36.9 Å². The Kier molecular flexibility index (Phi) is 10.4. The van der Waals surface area contributed by atoms with Crippen LogP contribution in [0.3, 0.4) is 0 Å². The lowest BCUT2D eigenvalue weighted by Crippen LogP contribution is -2.60. The number of alkyl carbamates (subject to hydrolysis) is 1. The highest BCUT2D eigenvalue weighted by atomic mass is 32.2. The van der Waals surface area contributed by atoms with Gasteiger partial charge in [0.2, 0.25) is 27.7 Å². The first-order chi connectivity index (χ1) is 27.5. The molecule has 2 bridgehead atoms. The van der Waals surface area contributed by atoms with E-state index in [1.54, 1.807) is 6.92 Å². The van der Waals surface area contributed by atoms with E-state index in [9.17, 15) is 27.6 Å². The van der Waals surface area contributed by atoms with E-state index < -0.39 is 73.6 Å². The van der Waals surface area contributed by atoms with Crippen LogP contribution >= 0.6 is 0 Å². The Morgan fingerprint density at radius 1 is 1.09 bits per heavy atom. The number of aromatic nitrogens is 1. The third-order valence-electron chi connectivity index (χ3n) is 12.9. The topological polar surface area (TPSA) is 194 Å². The first-order valence-corrected chi connectivity index (χ1v) is 22.2. The molecule has 4 amide bonds. The Morgan fingerprint density at radius 3 is 2.52 bits per heavy atom. The van der Waals surface area contributed by atoms with Gasteiger partial charge in [0.1, 0.15) is 41.7 Å². The predicted octanol–water partition coefficient (Wildman–Crippen LogP) is 3.64. The molecule has 3 aliphatic heterocycles. The van der Waals surface area contributed by atoms with E-state index in [0.717, 1.165) is 61.9 Å². The summed E-state index contributed by atoms with van der Waals surface area (Å²) in [5, 5.41) is 9.83. The Hall–Kier alpha value is -4.44. The number of nitrogens with one attached hydrogen (secondary N) is 4. The average Bonchev–Trinajstić information content (AvgIpc) is 4.11. The summed E-state index contributed by atoms with van der Waals surface area (Å²) in [5.74, 6) is -1.19. The number of para-hydroxylation sites is 1. The molecular formula is C42H56N6O9S. The van der Waals surface area contributed by atoms with Crippen LogP contribution in [-0.2, 0) is 35.6 Å².